The molecule has 1 aliphatic carbocycles. The third-order valence-corrected chi connectivity index (χ3v) is 6.66. The van der Waals surface area contributed by atoms with Gasteiger partial charge in [0.1, 0.15) is 5.75 Å². The van der Waals surface area contributed by atoms with Gasteiger partial charge >= 0.3 is 5.97 Å². The lowest BCUT2D eigenvalue weighted by Crippen LogP contribution is -2.38. The number of nitrogens with zero attached hydrogens (tertiary/aromatic N) is 1. The highest BCUT2D eigenvalue weighted by Gasteiger charge is 2.37. The van der Waals surface area contributed by atoms with Crippen molar-refractivity contribution in [3.8, 4) is 5.75 Å². The normalized spacial score (nSPS) is 17.5. The molecule has 0 aromatic heterocycles. The van der Waals surface area contributed by atoms with Crippen LogP contribution in [-0.2, 0) is 19.1 Å². The van der Waals surface area contributed by atoms with E-state index in [9.17, 15) is 14.4 Å². The van der Waals surface area contributed by atoms with E-state index in [1.165, 1.54) is 18.4 Å². The summed E-state index contributed by atoms with van der Waals surface area (Å²) in [6.07, 6.45) is 7.21. The maximum atomic E-state index is 13.4. The Morgan fingerprint density at radius 3 is 2.36 bits per heavy atom. The van der Waals surface area contributed by atoms with Crippen molar-refractivity contribution in [2.75, 3.05) is 18.6 Å². The summed E-state index contributed by atoms with van der Waals surface area (Å²) in [5.41, 5.74) is 2.21. The molecule has 0 radical (unpaired) electrons. The molecular weight excluding hydrogens is 480 g/mol. The average Bonchev–Trinajstić information content (AvgIpc) is 3.13. The van der Waals surface area contributed by atoms with Crippen molar-refractivity contribution in [1.82, 2.24) is 5.32 Å². The van der Waals surface area contributed by atoms with Crippen LogP contribution in [0.2, 0.25) is 5.02 Å². The molecule has 1 heterocycles. The number of esters is 1. The number of nitrogens with one attached hydrogen (secondary N) is 1. The predicted octanol–water partition coefficient (Wildman–Crippen LogP) is 5.04. The fourth-order valence-electron chi connectivity index (χ4n) is 4.57. The maximum absolute atomic E-state index is 13.4. The Labute approximate surface area is 215 Å². The third kappa shape index (κ3) is 5.79. The molecule has 36 heavy (non-hydrogen) atoms. The minimum absolute atomic E-state index is 0.0557. The van der Waals surface area contributed by atoms with E-state index in [0.717, 1.165) is 25.7 Å². The van der Waals surface area contributed by atoms with Gasteiger partial charge in [-0.2, -0.15) is 0 Å². The number of halogens is 1. The highest BCUT2D eigenvalue weighted by atomic mass is 35.5. The molecule has 8 heteroatoms. The first-order chi connectivity index (χ1) is 17.4. The van der Waals surface area contributed by atoms with Crippen LogP contribution < -0.4 is 15.0 Å². The monoisotopic (exact) mass is 508 g/mol. The number of anilines is 1. The molecule has 7 nitrogen and oxygen atoms in total. The zero-order chi connectivity index (χ0) is 25.7. The van der Waals surface area contributed by atoms with Gasteiger partial charge in [0, 0.05) is 22.4 Å². The van der Waals surface area contributed by atoms with Gasteiger partial charge in [0.25, 0.3) is 11.8 Å². The van der Waals surface area contributed by atoms with Crippen LogP contribution in [0.25, 0.3) is 6.08 Å². The van der Waals surface area contributed by atoms with Crippen LogP contribution in [0.4, 0.5) is 5.69 Å². The zero-order valence-corrected chi connectivity index (χ0v) is 21.1. The number of carbonyl (C=O) groups excluding carboxylic acids is 3. The molecule has 0 saturated heterocycles. The molecule has 2 aliphatic rings. The van der Waals surface area contributed by atoms with Crippen molar-refractivity contribution < 1.29 is 23.9 Å². The number of ether oxygens (including phenoxy) is 2. The van der Waals surface area contributed by atoms with Crippen LogP contribution in [0.5, 0.6) is 5.75 Å². The van der Waals surface area contributed by atoms with Gasteiger partial charge in [-0.1, -0.05) is 43.0 Å². The fraction of sp³-hybridized carbons (Fsp3) is 0.321. The number of rotatable bonds is 7. The Kier molecular flexibility index (Phi) is 8.10. The van der Waals surface area contributed by atoms with Gasteiger partial charge in [0.05, 0.1) is 18.3 Å². The summed E-state index contributed by atoms with van der Waals surface area (Å²) in [6.45, 7) is 1.65. The molecule has 2 amide bonds. The largest absolute Gasteiger partial charge is 0.484 e. The highest BCUT2D eigenvalue weighted by Crippen LogP contribution is 2.36. The first kappa shape index (κ1) is 25.5. The average molecular weight is 509 g/mol. The first-order valence-corrected chi connectivity index (χ1v) is 12.4. The molecule has 2 aromatic carbocycles. The highest BCUT2D eigenvalue weighted by molar-refractivity contribution is 6.30. The minimum Gasteiger partial charge on any atom is -0.484 e. The maximum Gasteiger partial charge on any atom is 0.340 e. The quantitative estimate of drug-likeness (QED) is 0.418. The van der Waals surface area contributed by atoms with Crippen molar-refractivity contribution in [3.05, 3.63) is 76.0 Å². The summed E-state index contributed by atoms with van der Waals surface area (Å²) in [5, 5.41) is 3.57. The van der Waals surface area contributed by atoms with Crippen LogP contribution >= 0.6 is 11.6 Å². The smallest absolute Gasteiger partial charge is 0.340 e. The second kappa shape index (κ2) is 11.4. The van der Waals surface area contributed by atoms with E-state index in [4.69, 9.17) is 21.1 Å². The lowest BCUT2D eigenvalue weighted by atomic mass is 9.95. The van der Waals surface area contributed by atoms with Crippen LogP contribution in [-0.4, -0.2) is 37.5 Å². The molecular formula is C28H29ClN2O5. The third-order valence-electron chi connectivity index (χ3n) is 6.41. The summed E-state index contributed by atoms with van der Waals surface area (Å²) in [5.74, 6) is -0.519. The topological polar surface area (TPSA) is 84.9 Å². The Bertz CT molecular complexity index is 1200. The van der Waals surface area contributed by atoms with E-state index in [-0.39, 0.29) is 35.6 Å². The van der Waals surface area contributed by atoms with Crippen LogP contribution in [0.15, 0.2) is 65.4 Å². The molecule has 1 N–H and O–H groups in total. The van der Waals surface area contributed by atoms with Crippen LogP contribution in [0, 0.1) is 0 Å². The molecule has 0 bridgehead atoms. The summed E-state index contributed by atoms with van der Waals surface area (Å²) in [7, 11) is 1.28. The number of hydrogen-bond acceptors (Lipinski definition) is 5. The molecule has 188 valence electrons. The molecule has 0 spiro atoms. The Hall–Kier alpha value is -3.58. The van der Waals surface area contributed by atoms with Gasteiger partial charge in [-0.3, -0.25) is 14.5 Å². The number of carbonyl (C=O) groups is 3. The molecule has 2 aromatic rings. The Balaban J connectivity index is 1.48. The Morgan fingerprint density at radius 2 is 1.72 bits per heavy atom. The Morgan fingerprint density at radius 1 is 1.06 bits per heavy atom. The van der Waals surface area contributed by atoms with Crippen molar-refractivity contribution in [2.24, 2.45) is 0 Å². The van der Waals surface area contributed by atoms with Gasteiger partial charge in [-0.25, -0.2) is 4.79 Å². The van der Waals surface area contributed by atoms with Gasteiger partial charge in [-0.15, -0.1) is 0 Å². The van der Waals surface area contributed by atoms with Crippen molar-refractivity contribution in [2.45, 2.75) is 45.1 Å². The molecule has 0 atom stereocenters. The second-order valence-electron chi connectivity index (χ2n) is 8.89. The number of benzene rings is 2. The SMILES string of the molecule is COC(=O)C1=C(C)N(c2ccc(Cl)cc2)C(=O)/C1=C\c1ccc(OCC(=O)NC2CCCCC2)cc1. The first-order valence-electron chi connectivity index (χ1n) is 12.0. The van der Waals surface area contributed by atoms with E-state index in [1.54, 1.807) is 61.5 Å². The standard InChI is InChI=1S/C28H29ClN2O5/c1-18-26(28(34)35-2)24(27(33)31(18)22-12-10-20(29)11-13-22)16-19-8-14-23(15-9-19)36-17-25(32)30-21-6-4-3-5-7-21/h8-16,21H,3-7,17H2,1-2H3,(H,30,32)/b24-16-. The molecule has 4 rings (SSSR count). The molecule has 1 aliphatic heterocycles. The van der Waals surface area contributed by atoms with E-state index in [2.05, 4.69) is 5.32 Å². The number of amides is 2. The van der Waals surface area contributed by atoms with E-state index in [0.29, 0.717) is 27.7 Å². The second-order valence-corrected chi connectivity index (χ2v) is 9.32. The summed E-state index contributed by atoms with van der Waals surface area (Å²) in [4.78, 5) is 39.6. The zero-order valence-electron chi connectivity index (χ0n) is 20.4. The predicted molar refractivity (Wildman–Crippen MR) is 139 cm³/mol. The summed E-state index contributed by atoms with van der Waals surface area (Å²) in [6, 6.07) is 14.0. The molecule has 1 saturated carbocycles. The summed E-state index contributed by atoms with van der Waals surface area (Å²) < 4.78 is 10.6. The van der Waals surface area contributed by atoms with Crippen LogP contribution in [0.3, 0.4) is 0 Å². The van der Waals surface area contributed by atoms with Gasteiger partial charge in [0.15, 0.2) is 6.61 Å². The minimum atomic E-state index is -0.590. The number of methoxy groups -OCH3 is 1. The van der Waals surface area contributed by atoms with Crippen molar-refractivity contribution in [1.29, 1.82) is 0 Å². The summed E-state index contributed by atoms with van der Waals surface area (Å²) >= 11 is 5.99. The lowest BCUT2D eigenvalue weighted by Gasteiger charge is -2.22. The van der Waals surface area contributed by atoms with E-state index >= 15 is 0 Å². The fourth-order valence-corrected chi connectivity index (χ4v) is 4.70. The van der Waals surface area contributed by atoms with E-state index in [1.807, 2.05) is 0 Å². The van der Waals surface area contributed by atoms with Crippen molar-refractivity contribution in [3.63, 3.8) is 0 Å². The van der Waals surface area contributed by atoms with Gasteiger partial charge in [0.2, 0.25) is 0 Å². The van der Waals surface area contributed by atoms with Crippen LogP contribution in [0.1, 0.15) is 44.6 Å². The lowest BCUT2D eigenvalue weighted by molar-refractivity contribution is -0.136. The van der Waals surface area contributed by atoms with Gasteiger partial charge < -0.3 is 14.8 Å². The number of allylic oxidation sites excluding steroid dienone is 1. The van der Waals surface area contributed by atoms with E-state index < -0.39 is 5.97 Å². The van der Waals surface area contributed by atoms with Gasteiger partial charge in [-0.05, 0) is 67.8 Å². The molecule has 1 fully saturated rings. The number of hydrogen-bond donors (Lipinski definition) is 1. The molecule has 0 unspecified atom stereocenters. The van der Waals surface area contributed by atoms with Crippen molar-refractivity contribution >= 4 is 41.1 Å².